The number of carboxylic acids is 1. The molecule has 122 valence electrons. The molecular weight excluding hydrogens is 355 g/mol. The lowest BCUT2D eigenvalue weighted by Gasteiger charge is -2.20. The predicted molar refractivity (Wildman–Crippen MR) is 85.2 cm³/mol. The van der Waals surface area contributed by atoms with E-state index in [0.717, 1.165) is 0 Å². The summed E-state index contributed by atoms with van der Waals surface area (Å²) in [4.78, 5) is 23.8. The third-order valence-corrected chi connectivity index (χ3v) is 3.72. The van der Waals surface area contributed by atoms with E-state index in [0.29, 0.717) is 29.4 Å². The van der Waals surface area contributed by atoms with Crippen LogP contribution in [0.1, 0.15) is 18.9 Å². The molecule has 1 aromatic rings. The summed E-state index contributed by atoms with van der Waals surface area (Å²) >= 11 is 3.20. The van der Waals surface area contributed by atoms with Gasteiger partial charge in [-0.05, 0) is 30.5 Å². The Labute approximate surface area is 137 Å². The molecule has 22 heavy (non-hydrogen) atoms. The highest BCUT2D eigenvalue weighted by Gasteiger charge is 2.16. The predicted octanol–water partition coefficient (Wildman–Crippen LogP) is 2.88. The van der Waals surface area contributed by atoms with Crippen molar-refractivity contribution in [1.82, 2.24) is 10.2 Å². The maximum atomic E-state index is 13.6. The molecule has 1 aromatic carbocycles. The minimum atomic E-state index is -0.939. The van der Waals surface area contributed by atoms with Gasteiger partial charge >= 0.3 is 12.0 Å². The summed E-state index contributed by atoms with van der Waals surface area (Å²) in [5, 5.41) is 11.5. The molecule has 7 heteroatoms. The van der Waals surface area contributed by atoms with Crippen molar-refractivity contribution in [2.75, 3.05) is 20.1 Å². The Morgan fingerprint density at radius 2 is 2.14 bits per heavy atom. The Bertz CT molecular complexity index is 540. The molecule has 0 radical (unpaired) electrons. The zero-order chi connectivity index (χ0) is 16.7. The second-order valence-electron chi connectivity index (χ2n) is 5.19. The van der Waals surface area contributed by atoms with E-state index in [1.54, 1.807) is 26.1 Å². The highest BCUT2D eigenvalue weighted by molar-refractivity contribution is 9.10. The first-order valence-corrected chi connectivity index (χ1v) is 7.76. The molecule has 2 amide bonds. The van der Waals surface area contributed by atoms with E-state index in [2.05, 4.69) is 21.2 Å². The zero-order valence-electron chi connectivity index (χ0n) is 12.6. The molecule has 0 spiro atoms. The summed E-state index contributed by atoms with van der Waals surface area (Å²) in [6.07, 6.45) is 1.13. The van der Waals surface area contributed by atoms with Crippen LogP contribution in [-0.2, 0) is 11.2 Å². The van der Waals surface area contributed by atoms with Crippen molar-refractivity contribution < 1.29 is 19.1 Å². The summed E-state index contributed by atoms with van der Waals surface area (Å²) in [5.74, 6) is -1.83. The van der Waals surface area contributed by atoms with Gasteiger partial charge in [-0.3, -0.25) is 4.79 Å². The lowest BCUT2D eigenvalue weighted by atomic mass is 10.1. The fourth-order valence-electron chi connectivity index (χ4n) is 1.91. The number of aliphatic carboxylic acids is 1. The van der Waals surface area contributed by atoms with Crippen LogP contribution in [0.5, 0.6) is 0 Å². The standard InChI is InChI=1S/C15H20BrFN2O3/c1-10(14(20)21)9-19(2)15(22)18-7-3-4-11-5-6-12(16)8-13(11)17/h5-6,8,10H,3-4,7,9H2,1-2H3,(H,18,22)(H,20,21). The van der Waals surface area contributed by atoms with Crippen LogP contribution in [0, 0.1) is 11.7 Å². The molecule has 0 fully saturated rings. The number of carboxylic acid groups (broad SMARTS) is 1. The molecule has 0 aliphatic carbocycles. The van der Waals surface area contributed by atoms with Crippen LogP contribution in [0.25, 0.3) is 0 Å². The van der Waals surface area contributed by atoms with E-state index in [1.807, 2.05) is 0 Å². The van der Waals surface area contributed by atoms with Gasteiger partial charge < -0.3 is 15.3 Å². The average molecular weight is 375 g/mol. The van der Waals surface area contributed by atoms with Gasteiger partial charge in [0.15, 0.2) is 0 Å². The number of hydrogen-bond donors (Lipinski definition) is 2. The molecule has 5 nitrogen and oxygen atoms in total. The maximum absolute atomic E-state index is 13.6. The lowest BCUT2D eigenvalue weighted by molar-refractivity contribution is -0.141. The molecule has 0 aliphatic heterocycles. The van der Waals surface area contributed by atoms with Gasteiger partial charge in [0.1, 0.15) is 5.82 Å². The maximum Gasteiger partial charge on any atom is 0.317 e. The molecule has 0 heterocycles. The molecule has 1 rings (SSSR count). The van der Waals surface area contributed by atoms with Crippen molar-refractivity contribution in [1.29, 1.82) is 0 Å². The second kappa shape index (κ2) is 8.73. The number of nitrogens with one attached hydrogen (secondary N) is 1. The molecular formula is C15H20BrFN2O3. The van der Waals surface area contributed by atoms with Gasteiger partial charge in [0.25, 0.3) is 0 Å². The Hall–Kier alpha value is -1.63. The summed E-state index contributed by atoms with van der Waals surface area (Å²) in [7, 11) is 1.54. The van der Waals surface area contributed by atoms with Gasteiger partial charge in [-0.1, -0.05) is 28.9 Å². The van der Waals surface area contributed by atoms with Crippen molar-refractivity contribution in [3.05, 3.63) is 34.1 Å². The van der Waals surface area contributed by atoms with Crippen molar-refractivity contribution in [3.63, 3.8) is 0 Å². The Morgan fingerprint density at radius 3 is 2.73 bits per heavy atom. The van der Waals surface area contributed by atoms with Crippen LogP contribution in [0.4, 0.5) is 9.18 Å². The highest BCUT2D eigenvalue weighted by atomic mass is 79.9. The number of rotatable bonds is 7. The number of urea groups is 1. The fraction of sp³-hybridized carbons (Fsp3) is 0.467. The van der Waals surface area contributed by atoms with Crippen molar-refractivity contribution in [3.8, 4) is 0 Å². The first-order valence-electron chi connectivity index (χ1n) is 6.97. The first kappa shape index (κ1) is 18.4. The van der Waals surface area contributed by atoms with E-state index in [1.165, 1.54) is 11.0 Å². The number of benzene rings is 1. The normalized spacial score (nSPS) is 11.8. The molecule has 1 unspecified atom stereocenters. The number of amides is 2. The Kier molecular flexibility index (Phi) is 7.31. The van der Waals surface area contributed by atoms with E-state index in [9.17, 15) is 14.0 Å². The monoisotopic (exact) mass is 374 g/mol. The topological polar surface area (TPSA) is 69.6 Å². The first-order chi connectivity index (χ1) is 10.3. The van der Waals surface area contributed by atoms with Crippen LogP contribution in [0.2, 0.25) is 0 Å². The van der Waals surface area contributed by atoms with E-state index in [4.69, 9.17) is 5.11 Å². The van der Waals surface area contributed by atoms with E-state index < -0.39 is 11.9 Å². The van der Waals surface area contributed by atoms with Gasteiger partial charge in [-0.15, -0.1) is 0 Å². The SMILES string of the molecule is CC(CN(C)C(=O)NCCCc1ccc(Br)cc1F)C(=O)O. The number of carbonyl (C=O) groups is 2. The number of carbonyl (C=O) groups excluding carboxylic acids is 1. The second-order valence-corrected chi connectivity index (χ2v) is 6.11. The Balaban J connectivity index is 2.31. The summed E-state index contributed by atoms with van der Waals surface area (Å²) < 4.78 is 14.3. The van der Waals surface area contributed by atoms with Gasteiger partial charge in [-0.25, -0.2) is 9.18 Å². The number of nitrogens with zero attached hydrogens (tertiary/aromatic N) is 1. The molecule has 0 saturated heterocycles. The Morgan fingerprint density at radius 1 is 1.45 bits per heavy atom. The van der Waals surface area contributed by atoms with Crippen LogP contribution in [0.15, 0.2) is 22.7 Å². The average Bonchev–Trinajstić information content (AvgIpc) is 2.44. The molecule has 0 bridgehead atoms. The highest BCUT2D eigenvalue weighted by Crippen LogP contribution is 2.16. The quantitative estimate of drug-likeness (QED) is 0.720. The largest absolute Gasteiger partial charge is 0.481 e. The van der Waals surface area contributed by atoms with E-state index in [-0.39, 0.29) is 18.4 Å². The van der Waals surface area contributed by atoms with Crippen molar-refractivity contribution >= 4 is 27.9 Å². The number of aryl methyl sites for hydroxylation is 1. The number of hydrogen-bond acceptors (Lipinski definition) is 2. The lowest BCUT2D eigenvalue weighted by Crippen LogP contribution is -2.41. The minimum Gasteiger partial charge on any atom is -0.481 e. The molecule has 0 aromatic heterocycles. The van der Waals surface area contributed by atoms with Gasteiger partial charge in [0.2, 0.25) is 0 Å². The fourth-order valence-corrected chi connectivity index (χ4v) is 2.24. The van der Waals surface area contributed by atoms with Crippen LogP contribution < -0.4 is 5.32 Å². The van der Waals surface area contributed by atoms with Gasteiger partial charge in [0.05, 0.1) is 5.92 Å². The summed E-state index contributed by atoms with van der Waals surface area (Å²) in [5.41, 5.74) is 0.602. The minimum absolute atomic E-state index is 0.141. The van der Waals surface area contributed by atoms with Crippen LogP contribution >= 0.6 is 15.9 Å². The van der Waals surface area contributed by atoms with Gasteiger partial charge in [-0.2, -0.15) is 0 Å². The van der Waals surface area contributed by atoms with Crippen molar-refractivity contribution in [2.45, 2.75) is 19.8 Å². The molecule has 0 saturated carbocycles. The summed E-state index contributed by atoms with van der Waals surface area (Å²) in [6, 6.07) is 4.57. The molecule has 1 atom stereocenters. The third kappa shape index (κ3) is 6.01. The van der Waals surface area contributed by atoms with Crippen LogP contribution in [-0.4, -0.2) is 42.1 Å². The van der Waals surface area contributed by atoms with Gasteiger partial charge in [0, 0.05) is 24.6 Å². The molecule has 0 aliphatic rings. The van der Waals surface area contributed by atoms with Crippen molar-refractivity contribution in [2.24, 2.45) is 5.92 Å². The van der Waals surface area contributed by atoms with E-state index >= 15 is 0 Å². The third-order valence-electron chi connectivity index (χ3n) is 3.23. The van der Waals surface area contributed by atoms with Crippen LogP contribution in [0.3, 0.4) is 0 Å². The zero-order valence-corrected chi connectivity index (χ0v) is 14.2. The number of halogens is 2. The summed E-state index contributed by atoms with van der Waals surface area (Å²) in [6.45, 7) is 2.09. The molecule has 2 N–H and O–H groups in total. The smallest absolute Gasteiger partial charge is 0.317 e.